The molecule has 0 N–H and O–H groups in total. The first-order chi connectivity index (χ1) is 12.2. The minimum absolute atomic E-state index is 0.320. The molecule has 0 aliphatic carbocycles. The second-order valence-corrected chi connectivity index (χ2v) is 6.34. The predicted molar refractivity (Wildman–Crippen MR) is 100 cm³/mol. The van der Waals surface area contributed by atoms with E-state index in [4.69, 9.17) is 16.3 Å². The van der Waals surface area contributed by atoms with Crippen molar-refractivity contribution in [2.24, 2.45) is 0 Å². The number of carbonyl (C=O) groups excluding carboxylic acids is 1. The van der Waals surface area contributed by atoms with E-state index in [0.717, 1.165) is 24.1 Å². The van der Waals surface area contributed by atoms with Crippen molar-refractivity contribution in [3.05, 3.63) is 94.3 Å². The van der Waals surface area contributed by atoms with Crippen LogP contribution in [0.2, 0.25) is 5.02 Å². The van der Waals surface area contributed by atoms with E-state index in [2.05, 4.69) is 12.1 Å². The Bertz CT molecular complexity index is 838. The number of ether oxygens (including phenoxy) is 1. The lowest BCUT2D eigenvalue weighted by Crippen LogP contribution is -2.14. The van der Waals surface area contributed by atoms with Crippen molar-refractivity contribution < 1.29 is 9.53 Å². The maximum absolute atomic E-state index is 12.1. The van der Waals surface area contributed by atoms with Gasteiger partial charge in [0.1, 0.15) is 5.69 Å². The molecule has 0 saturated heterocycles. The minimum atomic E-state index is -0.320. The highest BCUT2D eigenvalue weighted by molar-refractivity contribution is 6.30. The third kappa shape index (κ3) is 4.31. The predicted octanol–water partition coefficient (Wildman–Crippen LogP) is 4.76. The lowest BCUT2D eigenvalue weighted by Gasteiger charge is -2.13. The molecule has 0 aliphatic heterocycles. The molecule has 3 aromatic rings. The smallest absolute Gasteiger partial charge is 0.354 e. The van der Waals surface area contributed by atoms with Crippen molar-refractivity contribution in [3.8, 4) is 0 Å². The van der Waals surface area contributed by atoms with Gasteiger partial charge in [-0.05, 0) is 48.2 Å². The zero-order valence-corrected chi connectivity index (χ0v) is 14.9. The molecule has 1 heterocycles. The third-order valence-electron chi connectivity index (χ3n) is 4.23. The fraction of sp³-hybridized carbons (Fsp3) is 0.190. The number of rotatable bonds is 6. The molecule has 0 atom stereocenters. The minimum Gasteiger partial charge on any atom is -0.464 e. The van der Waals surface area contributed by atoms with Crippen LogP contribution in [-0.4, -0.2) is 17.6 Å². The van der Waals surface area contributed by atoms with Crippen LogP contribution in [0.5, 0.6) is 0 Å². The van der Waals surface area contributed by atoms with Crippen molar-refractivity contribution in [3.63, 3.8) is 0 Å². The van der Waals surface area contributed by atoms with E-state index in [9.17, 15) is 4.79 Å². The van der Waals surface area contributed by atoms with Gasteiger partial charge in [-0.25, -0.2) is 4.79 Å². The van der Waals surface area contributed by atoms with E-state index in [-0.39, 0.29) is 5.97 Å². The molecule has 2 aromatic carbocycles. The van der Waals surface area contributed by atoms with E-state index in [1.807, 2.05) is 59.2 Å². The summed E-state index contributed by atoms with van der Waals surface area (Å²) in [5.74, 6) is -0.320. The highest BCUT2D eigenvalue weighted by Crippen LogP contribution is 2.18. The number of hydrogen-bond donors (Lipinski definition) is 0. The molecule has 3 rings (SSSR count). The SMILES string of the molecule is COC(=O)c1ccc(CCc2ccccc2)n1Cc1ccc(Cl)cc1. The molecule has 25 heavy (non-hydrogen) atoms. The van der Waals surface area contributed by atoms with Crippen LogP contribution in [-0.2, 0) is 24.1 Å². The van der Waals surface area contributed by atoms with Gasteiger partial charge in [0.05, 0.1) is 7.11 Å². The highest BCUT2D eigenvalue weighted by Gasteiger charge is 2.15. The number of aromatic nitrogens is 1. The summed E-state index contributed by atoms with van der Waals surface area (Å²) in [6, 6.07) is 21.9. The van der Waals surface area contributed by atoms with Crippen LogP contribution in [0, 0.1) is 0 Å². The number of methoxy groups -OCH3 is 1. The number of aryl methyl sites for hydroxylation is 2. The zero-order chi connectivity index (χ0) is 17.6. The Hall–Kier alpha value is -2.52. The van der Waals surface area contributed by atoms with E-state index in [1.54, 1.807) is 0 Å². The number of nitrogens with zero attached hydrogens (tertiary/aromatic N) is 1. The van der Waals surface area contributed by atoms with E-state index < -0.39 is 0 Å². The van der Waals surface area contributed by atoms with Gasteiger partial charge >= 0.3 is 5.97 Å². The van der Waals surface area contributed by atoms with Gasteiger partial charge in [-0.2, -0.15) is 0 Å². The number of hydrogen-bond acceptors (Lipinski definition) is 2. The molecule has 0 bridgehead atoms. The molecule has 128 valence electrons. The number of esters is 1. The van der Waals surface area contributed by atoms with Crippen molar-refractivity contribution in [1.29, 1.82) is 0 Å². The van der Waals surface area contributed by atoms with Gasteiger partial charge in [-0.3, -0.25) is 0 Å². The number of halogens is 1. The Kier molecular flexibility index (Phi) is 5.56. The molecule has 4 heteroatoms. The zero-order valence-electron chi connectivity index (χ0n) is 14.1. The Morgan fingerprint density at radius 2 is 1.64 bits per heavy atom. The molecule has 0 radical (unpaired) electrons. The topological polar surface area (TPSA) is 31.2 Å². The van der Waals surface area contributed by atoms with E-state index in [0.29, 0.717) is 17.3 Å². The second-order valence-electron chi connectivity index (χ2n) is 5.90. The third-order valence-corrected chi connectivity index (χ3v) is 4.48. The van der Waals surface area contributed by atoms with Crippen molar-refractivity contribution in [2.45, 2.75) is 19.4 Å². The molecule has 0 amide bonds. The molecule has 3 nitrogen and oxygen atoms in total. The number of benzene rings is 2. The molecular weight excluding hydrogens is 334 g/mol. The summed E-state index contributed by atoms with van der Waals surface area (Å²) in [5, 5.41) is 0.703. The number of carbonyl (C=O) groups is 1. The normalized spacial score (nSPS) is 10.6. The van der Waals surface area contributed by atoms with Crippen LogP contribution in [0.3, 0.4) is 0 Å². The van der Waals surface area contributed by atoms with Crippen LogP contribution in [0.15, 0.2) is 66.7 Å². The summed E-state index contributed by atoms with van der Waals surface area (Å²) in [6.07, 6.45) is 1.78. The van der Waals surface area contributed by atoms with E-state index in [1.165, 1.54) is 12.7 Å². The second kappa shape index (κ2) is 8.04. The molecule has 0 spiro atoms. The van der Waals surface area contributed by atoms with Gasteiger partial charge in [0.15, 0.2) is 0 Å². The van der Waals surface area contributed by atoms with Crippen LogP contribution < -0.4 is 0 Å². The first kappa shape index (κ1) is 17.3. The fourth-order valence-electron chi connectivity index (χ4n) is 2.89. The fourth-order valence-corrected chi connectivity index (χ4v) is 3.01. The summed E-state index contributed by atoms with van der Waals surface area (Å²) in [5.41, 5.74) is 4.05. The maximum Gasteiger partial charge on any atom is 0.354 e. The molecule has 0 fully saturated rings. The van der Waals surface area contributed by atoms with Crippen LogP contribution in [0.4, 0.5) is 0 Å². The van der Waals surface area contributed by atoms with Gasteiger partial charge in [0, 0.05) is 17.3 Å². The molecule has 0 unspecified atom stereocenters. The average Bonchev–Trinajstić information content (AvgIpc) is 3.04. The summed E-state index contributed by atoms with van der Waals surface area (Å²) in [4.78, 5) is 12.1. The van der Waals surface area contributed by atoms with Gasteiger partial charge in [-0.15, -0.1) is 0 Å². The first-order valence-corrected chi connectivity index (χ1v) is 8.60. The summed E-state index contributed by atoms with van der Waals surface area (Å²) in [6.45, 7) is 0.610. The standard InChI is InChI=1S/C21H20ClNO2/c1-25-21(24)20-14-13-19(12-9-16-5-3-2-4-6-16)23(20)15-17-7-10-18(22)11-8-17/h2-8,10-11,13-14H,9,12,15H2,1H3. The average molecular weight is 354 g/mol. The molecular formula is C21H20ClNO2. The Morgan fingerprint density at radius 1 is 0.920 bits per heavy atom. The Balaban J connectivity index is 1.85. The molecule has 0 saturated carbocycles. The van der Waals surface area contributed by atoms with Crippen LogP contribution in [0.1, 0.15) is 27.3 Å². The lowest BCUT2D eigenvalue weighted by molar-refractivity contribution is 0.0588. The van der Waals surface area contributed by atoms with Gasteiger partial charge < -0.3 is 9.30 Å². The summed E-state index contributed by atoms with van der Waals surface area (Å²) >= 11 is 5.97. The van der Waals surface area contributed by atoms with Crippen molar-refractivity contribution in [1.82, 2.24) is 4.57 Å². The molecule has 1 aromatic heterocycles. The van der Waals surface area contributed by atoms with E-state index >= 15 is 0 Å². The van der Waals surface area contributed by atoms with Crippen molar-refractivity contribution in [2.75, 3.05) is 7.11 Å². The Labute approximate surface area is 152 Å². The maximum atomic E-state index is 12.1. The quantitative estimate of drug-likeness (QED) is 0.598. The monoisotopic (exact) mass is 353 g/mol. The molecule has 0 aliphatic rings. The van der Waals surface area contributed by atoms with Gasteiger partial charge in [0.25, 0.3) is 0 Å². The lowest BCUT2D eigenvalue weighted by atomic mass is 10.1. The van der Waals surface area contributed by atoms with Crippen molar-refractivity contribution >= 4 is 17.6 Å². The highest BCUT2D eigenvalue weighted by atomic mass is 35.5. The van der Waals surface area contributed by atoms with Gasteiger partial charge in [-0.1, -0.05) is 54.1 Å². The van der Waals surface area contributed by atoms with Crippen LogP contribution >= 0.6 is 11.6 Å². The Morgan fingerprint density at radius 3 is 2.32 bits per heavy atom. The first-order valence-electron chi connectivity index (χ1n) is 8.22. The summed E-state index contributed by atoms with van der Waals surface area (Å²) < 4.78 is 6.95. The largest absolute Gasteiger partial charge is 0.464 e. The summed E-state index contributed by atoms with van der Waals surface area (Å²) in [7, 11) is 1.41. The van der Waals surface area contributed by atoms with Crippen LogP contribution in [0.25, 0.3) is 0 Å². The van der Waals surface area contributed by atoms with Gasteiger partial charge in [0.2, 0.25) is 0 Å².